The molecule has 16 nitrogen and oxygen atoms in total. The van der Waals surface area contributed by atoms with E-state index in [2.05, 4.69) is 16.0 Å². The number of methoxy groups -OCH3 is 1. The van der Waals surface area contributed by atoms with Crippen molar-refractivity contribution in [2.45, 2.75) is 108 Å². The van der Waals surface area contributed by atoms with E-state index in [1.807, 2.05) is 12.1 Å². The zero-order valence-corrected chi connectivity index (χ0v) is 37.7. The smallest absolute Gasteiger partial charge is 0.253 e. The first-order chi connectivity index (χ1) is 31.7. The summed E-state index contributed by atoms with van der Waals surface area (Å²) in [6.45, 7) is 5.10. The lowest BCUT2D eigenvalue weighted by Gasteiger charge is -2.63. The van der Waals surface area contributed by atoms with E-state index in [-0.39, 0.29) is 37.8 Å². The molecule has 1 saturated heterocycles. The fourth-order valence-electron chi connectivity index (χ4n) is 11.6. The van der Waals surface area contributed by atoms with Crippen LogP contribution >= 0.6 is 0 Å². The lowest BCUT2D eigenvalue weighted by atomic mass is 9.44. The first kappa shape index (κ1) is 47.5. The number of allylic oxidation sites excluding steroid dienone is 4. The number of anilines is 1. The van der Waals surface area contributed by atoms with Crippen molar-refractivity contribution in [3.63, 3.8) is 0 Å². The van der Waals surface area contributed by atoms with Gasteiger partial charge in [0.05, 0.1) is 25.0 Å². The van der Waals surface area contributed by atoms with Crippen LogP contribution in [0.25, 0.3) is 0 Å². The summed E-state index contributed by atoms with van der Waals surface area (Å²) in [5.74, 6) is -5.31. The van der Waals surface area contributed by atoms with Crippen LogP contribution in [0.4, 0.5) is 14.5 Å². The number of rotatable bonds is 14. The third-order valence-corrected chi connectivity index (χ3v) is 15.1. The maximum absolute atomic E-state index is 17.8. The molecule has 4 fully saturated rings. The number of aliphatic hydroxyl groups is 2. The molecule has 0 aromatic heterocycles. The Bertz CT molecular complexity index is 2500. The first-order valence-electron chi connectivity index (χ1n) is 22.3. The lowest BCUT2D eigenvalue weighted by molar-refractivity contribution is -0.235. The van der Waals surface area contributed by atoms with Gasteiger partial charge in [0.2, 0.25) is 17.7 Å². The van der Waals surface area contributed by atoms with E-state index in [9.17, 15) is 43.8 Å². The van der Waals surface area contributed by atoms with Gasteiger partial charge >= 0.3 is 0 Å². The van der Waals surface area contributed by atoms with Gasteiger partial charge in [-0.3, -0.25) is 38.5 Å². The second-order valence-electron chi connectivity index (χ2n) is 18.9. The molecule has 2 aromatic carbocycles. The standard InChI is InChI=1S/C49H54F2N4O12/c1-25(52-40(60)15-17-55-41(61)12-13-42(55)62)43(63)53-26(2)44(64)54-35-11-8-28(19-36(35)65-5)18-27-6-9-29(10-7-27)45-66-39-22-31-32-21-34(50)33-20-30(57)14-16-46(33,3)48(32,51)37(58)23-47(31,4)49(39,67-45)38(59)24-56/h6-14,16,19-20,25-26,31-32,34,37,39,45,56,58H,15,17-18,21-24H2,1-5H3,(H,52,60)(H,53,63)(H,54,64)/t25-,26-,31-,32-,34-,37-,39+,45+,46-,47-,48-,49+/m0/s1. The maximum Gasteiger partial charge on any atom is 0.253 e. The Kier molecular flexibility index (Phi) is 12.5. The van der Waals surface area contributed by atoms with Crippen molar-refractivity contribution in [1.29, 1.82) is 0 Å². The molecule has 0 radical (unpaired) electrons. The molecule has 5 amide bonds. The van der Waals surface area contributed by atoms with E-state index < -0.39 is 118 Å². The molecule has 2 aliphatic heterocycles. The van der Waals surface area contributed by atoms with Gasteiger partial charge in [0.1, 0.15) is 30.6 Å². The Morgan fingerprint density at radius 1 is 0.925 bits per heavy atom. The van der Waals surface area contributed by atoms with Crippen molar-refractivity contribution in [3.8, 4) is 5.75 Å². The van der Waals surface area contributed by atoms with Crippen LogP contribution < -0.4 is 20.7 Å². The second-order valence-corrected chi connectivity index (χ2v) is 18.9. The van der Waals surface area contributed by atoms with Gasteiger partial charge in [-0.15, -0.1) is 0 Å². The number of carbonyl (C=O) groups excluding carboxylic acids is 7. The summed E-state index contributed by atoms with van der Waals surface area (Å²) in [7, 11) is 1.44. The number of aliphatic hydroxyl groups excluding tert-OH is 2. The summed E-state index contributed by atoms with van der Waals surface area (Å²) in [4.78, 5) is 88.8. The number of Topliss-reactive ketones (excluding diaryl/α,β-unsaturated/α-hetero) is 1. The molecule has 2 heterocycles. The number of halogens is 2. The number of nitrogens with zero attached hydrogens (tertiary/aromatic N) is 1. The van der Waals surface area contributed by atoms with Crippen molar-refractivity contribution >= 4 is 46.8 Å². The molecule has 0 unspecified atom stereocenters. The highest BCUT2D eigenvalue weighted by atomic mass is 19.1. The molecule has 5 N–H and O–H groups in total. The van der Waals surface area contributed by atoms with Crippen LogP contribution in [0.2, 0.25) is 0 Å². The number of amides is 5. The third-order valence-electron chi connectivity index (χ3n) is 15.1. The van der Waals surface area contributed by atoms with Crippen molar-refractivity contribution in [3.05, 3.63) is 95.1 Å². The van der Waals surface area contributed by atoms with Crippen molar-refractivity contribution in [1.82, 2.24) is 15.5 Å². The fraction of sp³-hybridized carbons (Fsp3) is 0.490. The van der Waals surface area contributed by atoms with Crippen molar-refractivity contribution in [2.24, 2.45) is 22.7 Å². The monoisotopic (exact) mass is 928 g/mol. The quantitative estimate of drug-likeness (QED) is 0.172. The molecular weight excluding hydrogens is 875 g/mol. The van der Waals surface area contributed by atoms with Gasteiger partial charge in [0.15, 0.2) is 29.1 Å². The maximum atomic E-state index is 17.8. The van der Waals surface area contributed by atoms with Crippen LogP contribution in [0.1, 0.15) is 76.4 Å². The summed E-state index contributed by atoms with van der Waals surface area (Å²) in [6, 6.07) is 10.4. The van der Waals surface area contributed by atoms with Crippen molar-refractivity contribution < 1.29 is 66.8 Å². The number of carbonyl (C=O) groups is 7. The van der Waals surface area contributed by atoms with E-state index in [0.717, 1.165) is 34.3 Å². The summed E-state index contributed by atoms with van der Waals surface area (Å²) < 4.78 is 52.4. The van der Waals surface area contributed by atoms with Crippen molar-refractivity contribution in [2.75, 3.05) is 25.6 Å². The minimum Gasteiger partial charge on any atom is -0.495 e. The highest BCUT2D eigenvalue weighted by molar-refractivity contribution is 6.13. The van der Waals surface area contributed by atoms with Gasteiger partial charge in [0.25, 0.3) is 11.8 Å². The average molecular weight is 929 g/mol. The number of benzene rings is 2. The summed E-state index contributed by atoms with van der Waals surface area (Å²) in [5, 5.41) is 29.9. The van der Waals surface area contributed by atoms with Crippen LogP contribution in [0.3, 0.4) is 0 Å². The van der Waals surface area contributed by atoms with Gasteiger partial charge in [-0.05, 0) is 93.4 Å². The molecule has 12 atom stereocenters. The first-order valence-corrected chi connectivity index (χ1v) is 22.3. The molecule has 0 bridgehead atoms. The number of imide groups is 1. The Morgan fingerprint density at radius 2 is 1.60 bits per heavy atom. The molecule has 3 saturated carbocycles. The molecule has 18 heteroatoms. The molecule has 0 spiro atoms. The van der Waals surface area contributed by atoms with E-state index in [1.165, 1.54) is 40.0 Å². The number of ketones is 2. The molecule has 4 aliphatic carbocycles. The van der Waals surface area contributed by atoms with E-state index >= 15 is 8.78 Å². The Labute approximate surface area is 385 Å². The lowest BCUT2D eigenvalue weighted by Crippen LogP contribution is -2.70. The van der Waals surface area contributed by atoms with Gasteiger partial charge in [-0.1, -0.05) is 43.3 Å². The number of hydrogen-bond acceptors (Lipinski definition) is 12. The van der Waals surface area contributed by atoms with Gasteiger partial charge < -0.3 is 40.4 Å². The predicted molar refractivity (Wildman–Crippen MR) is 234 cm³/mol. The second kappa shape index (κ2) is 17.6. The highest BCUT2D eigenvalue weighted by Gasteiger charge is 2.80. The minimum atomic E-state index is -2.36. The predicted octanol–water partition coefficient (Wildman–Crippen LogP) is 3.19. The summed E-state index contributed by atoms with van der Waals surface area (Å²) >= 11 is 0. The minimum absolute atomic E-state index is 0.00468. The number of hydrogen-bond donors (Lipinski definition) is 5. The zero-order valence-electron chi connectivity index (χ0n) is 37.7. The SMILES string of the molecule is COc1cc(Cc2ccc([C@@H]3O[C@@H]4C[C@H]5[C@@H]6C[C@H](F)C7=CC(=O)C=C[C@]7(C)[C@@]6(F)[C@@H](O)C[C@]5(C)[C@]4(C(=O)CO)O3)cc2)ccc1NC(=O)[C@H](C)NC(=O)[C@H](C)NC(=O)CCN1C(=O)C=CC1=O. The summed E-state index contributed by atoms with van der Waals surface area (Å²) in [5.41, 5.74) is -4.39. The highest BCUT2D eigenvalue weighted by Crippen LogP contribution is 2.72. The van der Waals surface area contributed by atoms with E-state index in [0.29, 0.717) is 23.4 Å². The Balaban J connectivity index is 0.892. The summed E-state index contributed by atoms with van der Waals surface area (Å²) in [6.07, 6.45) is 0.396. The van der Waals surface area contributed by atoms with Gasteiger partial charge in [0, 0.05) is 47.4 Å². The molecule has 6 aliphatic rings. The van der Waals surface area contributed by atoms with E-state index in [1.54, 1.807) is 37.3 Å². The van der Waals surface area contributed by atoms with Crippen LogP contribution in [0, 0.1) is 22.7 Å². The fourth-order valence-corrected chi connectivity index (χ4v) is 11.6. The normalized spacial score (nSPS) is 33.5. The zero-order chi connectivity index (χ0) is 48.4. The number of nitrogens with one attached hydrogen (secondary N) is 3. The van der Waals surface area contributed by atoms with Crippen LogP contribution in [0.5, 0.6) is 5.75 Å². The largest absolute Gasteiger partial charge is 0.495 e. The third kappa shape index (κ3) is 7.80. The van der Waals surface area contributed by atoms with E-state index in [4.69, 9.17) is 14.2 Å². The molecule has 356 valence electrons. The Morgan fingerprint density at radius 3 is 2.27 bits per heavy atom. The number of ether oxygens (including phenoxy) is 3. The van der Waals surface area contributed by atoms with Crippen LogP contribution in [-0.4, -0.2) is 118 Å². The molecule has 67 heavy (non-hydrogen) atoms. The van der Waals surface area contributed by atoms with Crippen LogP contribution in [0.15, 0.2) is 78.4 Å². The number of alkyl halides is 2. The van der Waals surface area contributed by atoms with Crippen LogP contribution in [-0.2, 0) is 49.5 Å². The van der Waals surface area contributed by atoms with Gasteiger partial charge in [-0.2, -0.15) is 0 Å². The Hall–Kier alpha value is -5.95. The molecule has 8 rings (SSSR count). The van der Waals surface area contributed by atoms with Gasteiger partial charge in [-0.25, -0.2) is 8.78 Å². The molecule has 2 aromatic rings. The molecular formula is C49H54F2N4O12. The topological polar surface area (TPSA) is 227 Å². The number of fused-ring (bicyclic) bond motifs is 7. The average Bonchev–Trinajstić information content (AvgIpc) is 3.92.